The van der Waals surface area contributed by atoms with Crippen LogP contribution in [0.1, 0.15) is 53.7 Å². The van der Waals surface area contributed by atoms with Crippen molar-refractivity contribution in [2.45, 2.75) is 45.2 Å². The molecule has 1 aliphatic carbocycles. The van der Waals surface area contributed by atoms with Crippen LogP contribution in [-0.4, -0.2) is 33.5 Å². The number of carbonyl (C=O) groups excluding carboxylic acids is 1. The fourth-order valence-corrected chi connectivity index (χ4v) is 4.80. The number of nitrogens with zero attached hydrogens (tertiary/aromatic N) is 4. The van der Waals surface area contributed by atoms with Gasteiger partial charge in [-0.05, 0) is 55.9 Å². The van der Waals surface area contributed by atoms with E-state index in [9.17, 15) is 9.59 Å². The maximum Gasteiger partial charge on any atom is 0.257 e. The number of aromatic nitrogens is 3. The van der Waals surface area contributed by atoms with Crippen LogP contribution in [0.4, 0.5) is 5.95 Å². The SMILES string of the molecule is CCn1cc(C(=O)NC2CCc3cc(Cl)ccc32)c(=O)c2cnc(N3CCCC3)nc21.Cl. The van der Waals surface area contributed by atoms with Crippen LogP contribution in [0.5, 0.6) is 0 Å². The molecule has 1 unspecified atom stereocenters. The average molecular weight is 474 g/mol. The van der Waals surface area contributed by atoms with E-state index in [-0.39, 0.29) is 35.3 Å². The van der Waals surface area contributed by atoms with Crippen molar-refractivity contribution in [3.05, 3.63) is 62.5 Å². The summed E-state index contributed by atoms with van der Waals surface area (Å²) in [7, 11) is 0. The van der Waals surface area contributed by atoms with Crippen molar-refractivity contribution < 1.29 is 4.79 Å². The Hall–Kier alpha value is -2.64. The van der Waals surface area contributed by atoms with Gasteiger partial charge in [-0.2, -0.15) is 4.98 Å². The van der Waals surface area contributed by atoms with Crippen molar-refractivity contribution in [3.63, 3.8) is 0 Å². The average Bonchev–Trinajstić information content (AvgIpc) is 3.44. The first-order valence-corrected chi connectivity index (χ1v) is 11.2. The van der Waals surface area contributed by atoms with E-state index < -0.39 is 0 Å². The van der Waals surface area contributed by atoms with Gasteiger partial charge in [-0.3, -0.25) is 9.59 Å². The zero-order valence-corrected chi connectivity index (χ0v) is 19.4. The second kappa shape index (κ2) is 9.08. The molecular weight excluding hydrogens is 449 g/mol. The van der Waals surface area contributed by atoms with Crippen LogP contribution < -0.4 is 15.6 Å². The second-order valence-corrected chi connectivity index (χ2v) is 8.60. The maximum absolute atomic E-state index is 13.1. The number of amides is 1. The van der Waals surface area contributed by atoms with Crippen LogP contribution in [0, 0.1) is 0 Å². The Kier molecular flexibility index (Phi) is 6.40. The number of aryl methyl sites for hydroxylation is 2. The van der Waals surface area contributed by atoms with Crippen LogP contribution in [0.2, 0.25) is 5.02 Å². The Labute approximate surface area is 197 Å². The van der Waals surface area contributed by atoms with Crippen LogP contribution in [-0.2, 0) is 13.0 Å². The summed E-state index contributed by atoms with van der Waals surface area (Å²) in [6.45, 7) is 4.42. The first kappa shape index (κ1) is 22.6. The van der Waals surface area contributed by atoms with E-state index in [1.165, 1.54) is 0 Å². The van der Waals surface area contributed by atoms with Gasteiger partial charge in [0.2, 0.25) is 11.4 Å². The Bertz CT molecular complexity index is 1240. The van der Waals surface area contributed by atoms with Crippen LogP contribution >= 0.6 is 24.0 Å². The number of nitrogens with one attached hydrogen (secondary N) is 1. The Morgan fingerprint density at radius 3 is 2.81 bits per heavy atom. The van der Waals surface area contributed by atoms with Gasteiger partial charge in [0.15, 0.2) is 0 Å². The molecule has 1 aromatic carbocycles. The highest BCUT2D eigenvalue weighted by Gasteiger charge is 2.26. The third-order valence-electron chi connectivity index (χ3n) is 6.26. The number of rotatable bonds is 4. The highest BCUT2D eigenvalue weighted by Crippen LogP contribution is 2.33. The lowest BCUT2D eigenvalue weighted by molar-refractivity contribution is 0.0935. The van der Waals surface area contributed by atoms with Gasteiger partial charge in [-0.1, -0.05) is 17.7 Å². The van der Waals surface area contributed by atoms with Crippen molar-refractivity contribution in [1.29, 1.82) is 0 Å². The molecule has 2 aliphatic rings. The molecule has 168 valence electrons. The molecule has 7 nitrogen and oxygen atoms in total. The van der Waals surface area contributed by atoms with E-state index in [2.05, 4.69) is 20.2 Å². The van der Waals surface area contributed by atoms with E-state index in [1.807, 2.05) is 29.7 Å². The van der Waals surface area contributed by atoms with E-state index >= 15 is 0 Å². The molecule has 1 fully saturated rings. The predicted molar refractivity (Wildman–Crippen MR) is 128 cm³/mol. The Morgan fingerprint density at radius 2 is 2.06 bits per heavy atom. The van der Waals surface area contributed by atoms with Crippen molar-refractivity contribution in [3.8, 4) is 0 Å². The van der Waals surface area contributed by atoms with Gasteiger partial charge in [0, 0.05) is 37.1 Å². The molecule has 1 aliphatic heterocycles. The highest BCUT2D eigenvalue weighted by molar-refractivity contribution is 6.30. The number of anilines is 1. The monoisotopic (exact) mass is 473 g/mol. The molecular formula is C23H25Cl2N5O2. The summed E-state index contributed by atoms with van der Waals surface area (Å²) < 4.78 is 1.86. The minimum absolute atomic E-state index is 0. The van der Waals surface area contributed by atoms with Gasteiger partial charge in [-0.15, -0.1) is 12.4 Å². The third-order valence-corrected chi connectivity index (χ3v) is 6.50. The van der Waals surface area contributed by atoms with Gasteiger partial charge in [0.25, 0.3) is 5.91 Å². The molecule has 1 saturated heterocycles. The zero-order chi connectivity index (χ0) is 21.5. The first-order chi connectivity index (χ1) is 15.0. The molecule has 0 saturated carbocycles. The number of carbonyl (C=O) groups is 1. The van der Waals surface area contributed by atoms with E-state index in [0.29, 0.717) is 28.5 Å². The van der Waals surface area contributed by atoms with Crippen molar-refractivity contribution in [2.75, 3.05) is 18.0 Å². The lowest BCUT2D eigenvalue weighted by Gasteiger charge is -2.18. The normalized spacial score (nSPS) is 17.3. The minimum atomic E-state index is -0.370. The first-order valence-electron chi connectivity index (χ1n) is 10.8. The number of pyridine rings is 1. The number of fused-ring (bicyclic) bond motifs is 2. The quantitative estimate of drug-likeness (QED) is 0.621. The predicted octanol–water partition coefficient (Wildman–Crippen LogP) is 3.90. The van der Waals surface area contributed by atoms with Crippen molar-refractivity contribution in [2.24, 2.45) is 0 Å². The lowest BCUT2D eigenvalue weighted by atomic mass is 10.1. The lowest BCUT2D eigenvalue weighted by Crippen LogP contribution is -2.32. The second-order valence-electron chi connectivity index (χ2n) is 8.17. The van der Waals surface area contributed by atoms with E-state index in [1.54, 1.807) is 12.4 Å². The summed E-state index contributed by atoms with van der Waals surface area (Å²) in [6, 6.07) is 5.60. The molecule has 1 N–H and O–H groups in total. The molecule has 3 aromatic rings. The molecule has 1 atom stereocenters. The topological polar surface area (TPSA) is 80.1 Å². The minimum Gasteiger partial charge on any atom is -0.345 e. The van der Waals surface area contributed by atoms with E-state index in [4.69, 9.17) is 11.6 Å². The van der Waals surface area contributed by atoms with E-state index in [0.717, 1.165) is 49.9 Å². The highest BCUT2D eigenvalue weighted by atomic mass is 35.5. The molecule has 2 aromatic heterocycles. The van der Waals surface area contributed by atoms with Crippen molar-refractivity contribution >= 4 is 46.9 Å². The third kappa shape index (κ3) is 3.95. The van der Waals surface area contributed by atoms with Crippen LogP contribution in [0.15, 0.2) is 35.4 Å². The molecule has 1 amide bonds. The molecule has 5 rings (SSSR count). The molecule has 0 radical (unpaired) electrons. The van der Waals surface area contributed by atoms with Crippen LogP contribution in [0.25, 0.3) is 11.0 Å². The molecule has 32 heavy (non-hydrogen) atoms. The number of benzene rings is 1. The standard InChI is InChI=1S/C23H24ClN5O2.ClH/c1-2-28-13-18(22(31)26-19-8-5-14-11-15(24)6-7-16(14)19)20(30)17-12-25-23(27-21(17)28)29-9-3-4-10-29;/h6-7,11-13,19H,2-5,8-10H2,1H3,(H,26,31);1H. The number of hydrogen-bond acceptors (Lipinski definition) is 5. The summed E-state index contributed by atoms with van der Waals surface area (Å²) in [5.74, 6) is 0.274. The van der Waals surface area contributed by atoms with Gasteiger partial charge >= 0.3 is 0 Å². The molecule has 9 heteroatoms. The molecule has 0 bridgehead atoms. The summed E-state index contributed by atoms with van der Waals surface area (Å²) in [6.07, 6.45) is 7.08. The Morgan fingerprint density at radius 1 is 1.28 bits per heavy atom. The number of hydrogen-bond donors (Lipinski definition) is 1. The van der Waals surface area contributed by atoms with Crippen molar-refractivity contribution in [1.82, 2.24) is 19.9 Å². The van der Waals surface area contributed by atoms with Gasteiger partial charge in [-0.25, -0.2) is 4.98 Å². The largest absolute Gasteiger partial charge is 0.345 e. The molecule has 0 spiro atoms. The zero-order valence-electron chi connectivity index (χ0n) is 17.8. The van der Waals surface area contributed by atoms with Gasteiger partial charge < -0.3 is 14.8 Å². The maximum atomic E-state index is 13.1. The summed E-state index contributed by atoms with van der Waals surface area (Å²) in [4.78, 5) is 37.5. The Balaban J connectivity index is 0.00000245. The van der Waals surface area contributed by atoms with Gasteiger partial charge in [0.05, 0.1) is 11.4 Å². The summed E-state index contributed by atoms with van der Waals surface area (Å²) >= 11 is 6.09. The number of halogens is 2. The fourth-order valence-electron chi connectivity index (χ4n) is 4.61. The molecule has 3 heterocycles. The fraction of sp³-hybridized carbons (Fsp3) is 0.391. The summed E-state index contributed by atoms with van der Waals surface area (Å²) in [5.41, 5.74) is 2.56. The summed E-state index contributed by atoms with van der Waals surface area (Å²) in [5, 5.41) is 4.10. The van der Waals surface area contributed by atoms with Crippen LogP contribution in [0.3, 0.4) is 0 Å². The van der Waals surface area contributed by atoms with Gasteiger partial charge in [0.1, 0.15) is 11.2 Å². The smallest absolute Gasteiger partial charge is 0.257 e.